The van der Waals surface area contributed by atoms with Gasteiger partial charge in [0.2, 0.25) is 5.76 Å². The molecule has 0 aliphatic heterocycles. The van der Waals surface area contributed by atoms with Crippen molar-refractivity contribution in [3.05, 3.63) is 65.8 Å². The summed E-state index contributed by atoms with van der Waals surface area (Å²) in [6, 6.07) is 3.11. The number of carbonyl (C=O) groups excluding carboxylic acids is 1. The van der Waals surface area contributed by atoms with Crippen molar-refractivity contribution < 1.29 is 40.1 Å². The summed E-state index contributed by atoms with van der Waals surface area (Å²) in [4.78, 5) is 21.1. The molecule has 1 fully saturated rings. The summed E-state index contributed by atoms with van der Waals surface area (Å²) in [7, 11) is -2.81. The molecule has 194 valence electrons. The Balaban J connectivity index is 1.45. The smallest absolute Gasteiger partial charge is 0.449 e. The highest BCUT2D eigenvalue weighted by atomic mass is 32.2. The van der Waals surface area contributed by atoms with Crippen molar-refractivity contribution >= 4 is 21.9 Å². The van der Waals surface area contributed by atoms with Gasteiger partial charge in [0.05, 0.1) is 18.2 Å². The van der Waals surface area contributed by atoms with Crippen LogP contribution in [0, 0.1) is 0 Å². The van der Waals surface area contributed by atoms with Crippen molar-refractivity contribution in [3.8, 4) is 0 Å². The number of aliphatic hydroxyl groups excluding tert-OH is 1. The highest BCUT2D eigenvalue weighted by Gasteiger charge is 2.37. The average Bonchev–Trinajstić information content (AvgIpc) is 3.55. The third-order valence-electron chi connectivity index (χ3n) is 5.56. The van der Waals surface area contributed by atoms with Gasteiger partial charge in [0, 0.05) is 37.2 Å². The minimum atomic E-state index is -4.59. The summed E-state index contributed by atoms with van der Waals surface area (Å²) in [5, 5.41) is 13.2. The lowest BCUT2D eigenvalue weighted by atomic mass is 10.1. The van der Waals surface area contributed by atoms with E-state index in [4.69, 9.17) is 8.60 Å². The minimum Gasteiger partial charge on any atom is -0.455 e. The number of carbonyl (C=O) groups is 1. The average molecular weight is 529 g/mol. The Labute approximate surface area is 203 Å². The summed E-state index contributed by atoms with van der Waals surface area (Å²) in [6.07, 6.45) is -0.811. The third-order valence-corrected chi connectivity index (χ3v) is 6.56. The summed E-state index contributed by atoms with van der Waals surface area (Å²) in [6.45, 7) is -0.0172. The molecule has 0 radical (unpaired) electrons. The number of alkyl halides is 3. The van der Waals surface area contributed by atoms with Crippen LogP contribution in [-0.2, 0) is 27.2 Å². The molecule has 1 saturated carbocycles. The van der Waals surface area contributed by atoms with E-state index in [9.17, 15) is 31.5 Å². The molecule has 0 saturated heterocycles. The number of nitrogens with zero attached hydrogens (tertiary/aromatic N) is 3. The van der Waals surface area contributed by atoms with Gasteiger partial charge in [0.15, 0.2) is 5.78 Å². The fraction of sp³-hybridized carbons (Fsp3) is 0.381. The van der Waals surface area contributed by atoms with Crippen molar-refractivity contribution in [2.24, 2.45) is 0 Å². The highest BCUT2D eigenvalue weighted by Crippen LogP contribution is 2.31. The zero-order valence-corrected chi connectivity index (χ0v) is 19.6. The zero-order chi connectivity index (χ0) is 26.1. The van der Waals surface area contributed by atoms with E-state index in [2.05, 4.69) is 15.3 Å². The van der Waals surface area contributed by atoms with Crippen LogP contribution < -0.4 is 10.0 Å². The van der Waals surface area contributed by atoms with Gasteiger partial charge in [0.1, 0.15) is 24.0 Å². The molecule has 3 atom stereocenters. The fourth-order valence-electron chi connectivity index (χ4n) is 3.84. The monoisotopic (exact) mass is 529 g/mol. The normalized spacial score (nSPS) is 20.5. The first-order valence-corrected chi connectivity index (χ1v) is 12.1. The number of hydrogen-bond acceptors (Lipinski definition) is 9. The van der Waals surface area contributed by atoms with Crippen molar-refractivity contribution in [3.63, 3.8) is 0 Å². The van der Waals surface area contributed by atoms with E-state index in [1.54, 1.807) is 0 Å². The van der Waals surface area contributed by atoms with Crippen LogP contribution in [0.2, 0.25) is 0 Å². The highest BCUT2D eigenvalue weighted by molar-refractivity contribution is 7.84. The number of hydrogen-bond donors (Lipinski definition) is 3. The molecule has 15 heteroatoms. The maximum atomic E-state index is 13.1. The summed E-state index contributed by atoms with van der Waals surface area (Å²) in [5.74, 6) is -1.31. The van der Waals surface area contributed by atoms with E-state index in [0.29, 0.717) is 0 Å². The van der Waals surface area contributed by atoms with Crippen molar-refractivity contribution in [2.45, 2.75) is 43.8 Å². The Bertz CT molecular complexity index is 1340. The van der Waals surface area contributed by atoms with Crippen LogP contribution >= 0.6 is 0 Å². The van der Waals surface area contributed by atoms with E-state index < -0.39 is 46.3 Å². The van der Waals surface area contributed by atoms with Crippen molar-refractivity contribution in [1.29, 1.82) is 0 Å². The van der Waals surface area contributed by atoms with E-state index in [-0.39, 0.29) is 42.1 Å². The number of aliphatic hydroxyl groups is 1. The summed E-state index contributed by atoms with van der Waals surface area (Å²) < 4.78 is 74.8. The van der Waals surface area contributed by atoms with E-state index in [1.165, 1.54) is 48.7 Å². The molecule has 0 aromatic carbocycles. The van der Waals surface area contributed by atoms with Gasteiger partial charge in [-0.1, -0.05) is 0 Å². The molecule has 11 nitrogen and oxygen atoms in total. The minimum absolute atomic E-state index is 0.0172. The Morgan fingerprint density at radius 1 is 1.31 bits per heavy atom. The molecule has 0 spiro atoms. The van der Waals surface area contributed by atoms with Crippen LogP contribution in [0.15, 0.2) is 47.5 Å². The molecule has 1 aliphatic carbocycles. The molecule has 3 heterocycles. The molecule has 0 unspecified atom stereocenters. The van der Waals surface area contributed by atoms with Crippen LogP contribution in [0.5, 0.6) is 0 Å². The third kappa shape index (κ3) is 5.92. The number of furan rings is 1. The second-order valence-corrected chi connectivity index (χ2v) is 9.63. The number of nitrogens with one attached hydrogen (secondary N) is 2. The number of anilines is 1. The lowest BCUT2D eigenvalue weighted by Crippen LogP contribution is -2.31. The first-order valence-electron chi connectivity index (χ1n) is 10.7. The molecule has 3 aromatic rings. The fourth-order valence-corrected chi connectivity index (χ4v) is 4.47. The van der Waals surface area contributed by atoms with Gasteiger partial charge in [-0.2, -0.15) is 26.3 Å². The quantitative estimate of drug-likeness (QED) is 0.354. The molecule has 1 aliphatic rings. The van der Waals surface area contributed by atoms with E-state index >= 15 is 0 Å². The number of aromatic nitrogens is 3. The maximum absolute atomic E-state index is 13.1. The predicted molar refractivity (Wildman–Crippen MR) is 118 cm³/mol. The first kappa shape index (κ1) is 25.8. The van der Waals surface area contributed by atoms with Crippen LogP contribution in [0.25, 0.3) is 0 Å². The van der Waals surface area contributed by atoms with Crippen LogP contribution in [0.1, 0.15) is 40.3 Å². The Morgan fingerprint density at radius 3 is 2.78 bits per heavy atom. The van der Waals surface area contributed by atoms with Crippen LogP contribution in [0.3, 0.4) is 0 Å². The topological polar surface area (TPSA) is 149 Å². The molecule has 0 amide bonds. The van der Waals surface area contributed by atoms with Gasteiger partial charge in [-0.05, 0) is 31.0 Å². The number of rotatable bonds is 9. The molecule has 0 bridgehead atoms. The molecule has 4 rings (SSSR count). The zero-order valence-electron chi connectivity index (χ0n) is 18.8. The van der Waals surface area contributed by atoms with E-state index in [0.717, 1.165) is 6.07 Å². The standard InChI is InChI=1S/C21H22F3N5O6S/c1-25-36(32,33)35-17-7-13(6-16(17)30)28-20-15(8-26-11-27-20)19(31)12-4-5-29(9-12)10-14-2-3-18(34-14)21(22,23)24/h2-5,8-9,11,13,16-17,25,30H,6-7,10H2,1H3,(H,26,27,28)/t13-,16+,17-/m1/s1. The Kier molecular flexibility index (Phi) is 7.17. The molecular formula is C21H22F3N5O6S. The molecular weight excluding hydrogens is 507 g/mol. The second-order valence-electron chi connectivity index (χ2n) is 8.12. The van der Waals surface area contributed by atoms with Gasteiger partial charge >= 0.3 is 16.5 Å². The number of ketones is 1. The maximum Gasteiger partial charge on any atom is 0.449 e. The lowest BCUT2D eigenvalue weighted by Gasteiger charge is -2.15. The van der Waals surface area contributed by atoms with Gasteiger partial charge in [-0.25, -0.2) is 9.97 Å². The van der Waals surface area contributed by atoms with Gasteiger partial charge < -0.3 is 19.4 Å². The largest absolute Gasteiger partial charge is 0.455 e. The van der Waals surface area contributed by atoms with Gasteiger partial charge in [-0.15, -0.1) is 0 Å². The molecule has 3 N–H and O–H groups in total. The van der Waals surface area contributed by atoms with E-state index in [1.807, 2.05) is 4.72 Å². The van der Waals surface area contributed by atoms with Crippen LogP contribution in [0.4, 0.5) is 19.0 Å². The number of halogens is 3. The van der Waals surface area contributed by atoms with Gasteiger partial charge in [0.25, 0.3) is 0 Å². The Hall–Kier alpha value is -3.27. The molecule has 3 aromatic heterocycles. The summed E-state index contributed by atoms with van der Waals surface area (Å²) >= 11 is 0. The van der Waals surface area contributed by atoms with Gasteiger partial charge in [-0.3, -0.25) is 8.98 Å². The van der Waals surface area contributed by atoms with Crippen molar-refractivity contribution in [2.75, 3.05) is 12.4 Å². The summed E-state index contributed by atoms with van der Waals surface area (Å²) in [5.41, 5.74) is 0.359. The van der Waals surface area contributed by atoms with Crippen LogP contribution in [-0.4, -0.2) is 59.1 Å². The lowest BCUT2D eigenvalue weighted by molar-refractivity contribution is -0.153. The van der Waals surface area contributed by atoms with Crippen molar-refractivity contribution in [1.82, 2.24) is 19.3 Å². The first-order chi connectivity index (χ1) is 16.9. The second kappa shape index (κ2) is 10.0. The Morgan fingerprint density at radius 2 is 2.08 bits per heavy atom. The molecule has 36 heavy (non-hydrogen) atoms. The SMILES string of the molecule is CNS(=O)(=O)O[C@@H]1C[C@H](Nc2ncncc2C(=O)c2ccn(Cc3ccc(C(F)(F)F)o3)c2)C[C@@H]1O. The predicted octanol–water partition coefficient (Wildman–Crippen LogP) is 1.95.